The molecule has 0 heterocycles. The first-order valence-corrected chi connectivity index (χ1v) is 6.34. The second-order valence-electron chi connectivity index (χ2n) is 5.42. The topological polar surface area (TPSA) is 29.3 Å². The van der Waals surface area contributed by atoms with E-state index in [9.17, 15) is 13.2 Å². The van der Waals surface area contributed by atoms with Crippen molar-refractivity contribution >= 4 is 0 Å². The van der Waals surface area contributed by atoms with Gasteiger partial charge in [0.2, 0.25) is 0 Å². The van der Waals surface area contributed by atoms with Crippen LogP contribution in [-0.4, -0.2) is 36.2 Å². The lowest BCUT2D eigenvalue weighted by Gasteiger charge is -2.34. The van der Waals surface area contributed by atoms with Gasteiger partial charge in [0.25, 0.3) is 0 Å². The summed E-state index contributed by atoms with van der Waals surface area (Å²) in [5.74, 6) is 0.375. The van der Waals surface area contributed by atoms with E-state index < -0.39 is 12.7 Å². The van der Waals surface area contributed by atoms with E-state index in [1.54, 1.807) is 0 Å². The van der Waals surface area contributed by atoms with Crippen molar-refractivity contribution in [1.29, 1.82) is 0 Å². The summed E-state index contributed by atoms with van der Waals surface area (Å²) in [6.07, 6.45) is -0.287. The summed E-state index contributed by atoms with van der Waals surface area (Å²) >= 11 is 0. The van der Waals surface area contributed by atoms with Crippen molar-refractivity contribution in [2.24, 2.45) is 11.7 Å². The first-order chi connectivity index (χ1) is 7.78. The average molecular weight is 252 g/mol. The molecule has 0 radical (unpaired) electrons. The van der Waals surface area contributed by atoms with E-state index >= 15 is 0 Å². The second-order valence-corrected chi connectivity index (χ2v) is 5.42. The van der Waals surface area contributed by atoms with Crippen molar-refractivity contribution in [2.75, 3.05) is 13.1 Å². The Morgan fingerprint density at radius 3 is 2.12 bits per heavy atom. The van der Waals surface area contributed by atoms with E-state index in [0.717, 1.165) is 25.7 Å². The van der Waals surface area contributed by atoms with Gasteiger partial charge in [-0.25, -0.2) is 0 Å². The highest BCUT2D eigenvalue weighted by Gasteiger charge is 2.33. The average Bonchev–Trinajstić information content (AvgIpc) is 2.18. The van der Waals surface area contributed by atoms with Crippen LogP contribution in [0.2, 0.25) is 0 Å². The van der Waals surface area contributed by atoms with Crippen LogP contribution in [-0.2, 0) is 0 Å². The molecule has 0 aromatic rings. The SMILES string of the molecule is CC(C)N(CC1CCC(N)CC1)CC(F)(F)F. The number of hydrogen-bond acceptors (Lipinski definition) is 2. The van der Waals surface area contributed by atoms with Crippen molar-refractivity contribution in [3.63, 3.8) is 0 Å². The summed E-state index contributed by atoms with van der Waals surface area (Å²) in [7, 11) is 0. The van der Waals surface area contributed by atoms with E-state index in [4.69, 9.17) is 5.73 Å². The van der Waals surface area contributed by atoms with Crippen LogP contribution in [0.5, 0.6) is 0 Å². The first-order valence-electron chi connectivity index (χ1n) is 6.34. The molecule has 1 aliphatic carbocycles. The van der Waals surface area contributed by atoms with Gasteiger partial charge in [-0.1, -0.05) is 0 Å². The van der Waals surface area contributed by atoms with Crippen LogP contribution in [0.15, 0.2) is 0 Å². The molecule has 0 aromatic heterocycles. The number of alkyl halides is 3. The van der Waals surface area contributed by atoms with Crippen molar-refractivity contribution in [2.45, 2.75) is 57.8 Å². The fourth-order valence-corrected chi connectivity index (χ4v) is 2.39. The molecule has 2 N–H and O–H groups in total. The molecule has 17 heavy (non-hydrogen) atoms. The summed E-state index contributed by atoms with van der Waals surface area (Å²) < 4.78 is 37.3. The maximum Gasteiger partial charge on any atom is 0.401 e. The predicted molar refractivity (Wildman–Crippen MR) is 62.7 cm³/mol. The third-order valence-electron chi connectivity index (χ3n) is 3.50. The highest BCUT2D eigenvalue weighted by atomic mass is 19.4. The van der Waals surface area contributed by atoms with Crippen molar-refractivity contribution in [3.8, 4) is 0 Å². The van der Waals surface area contributed by atoms with Gasteiger partial charge in [-0.05, 0) is 45.4 Å². The number of nitrogens with two attached hydrogens (primary N) is 1. The van der Waals surface area contributed by atoms with E-state index in [-0.39, 0.29) is 12.1 Å². The maximum absolute atomic E-state index is 12.4. The summed E-state index contributed by atoms with van der Waals surface area (Å²) in [5.41, 5.74) is 5.80. The minimum atomic E-state index is -4.10. The van der Waals surface area contributed by atoms with Crippen LogP contribution in [0.25, 0.3) is 0 Å². The molecule has 0 atom stereocenters. The normalized spacial score (nSPS) is 26.8. The summed E-state index contributed by atoms with van der Waals surface area (Å²) in [6, 6.07) is 0.189. The van der Waals surface area contributed by atoms with Gasteiger partial charge in [-0.3, -0.25) is 4.90 Å². The third kappa shape index (κ3) is 5.73. The van der Waals surface area contributed by atoms with Crippen LogP contribution in [0.4, 0.5) is 13.2 Å². The summed E-state index contributed by atoms with van der Waals surface area (Å²) in [5, 5.41) is 0. The second kappa shape index (κ2) is 6.05. The molecule has 0 bridgehead atoms. The molecule has 0 unspecified atom stereocenters. The van der Waals surface area contributed by atoms with E-state index in [0.29, 0.717) is 12.5 Å². The molecule has 5 heteroatoms. The lowest BCUT2D eigenvalue weighted by molar-refractivity contribution is -0.151. The zero-order valence-electron chi connectivity index (χ0n) is 10.6. The Balaban J connectivity index is 2.44. The molecule has 1 fully saturated rings. The standard InChI is InChI=1S/C12H23F3N2/c1-9(2)17(8-12(13,14)15)7-10-3-5-11(16)6-4-10/h9-11H,3-8,16H2,1-2H3. The fraction of sp³-hybridized carbons (Fsp3) is 1.00. The molecule has 0 amide bonds. The number of rotatable bonds is 4. The quantitative estimate of drug-likeness (QED) is 0.833. The number of halogens is 3. The lowest BCUT2D eigenvalue weighted by Crippen LogP contribution is -2.43. The Kier molecular flexibility index (Phi) is 5.25. The van der Waals surface area contributed by atoms with Gasteiger partial charge >= 0.3 is 6.18 Å². The zero-order valence-corrected chi connectivity index (χ0v) is 10.6. The van der Waals surface area contributed by atoms with E-state index in [1.165, 1.54) is 4.90 Å². The molecule has 0 saturated heterocycles. The van der Waals surface area contributed by atoms with Gasteiger partial charge < -0.3 is 5.73 Å². The van der Waals surface area contributed by atoms with Crippen LogP contribution >= 0.6 is 0 Å². The van der Waals surface area contributed by atoms with Gasteiger partial charge in [0.15, 0.2) is 0 Å². The van der Waals surface area contributed by atoms with Crippen LogP contribution in [0.1, 0.15) is 39.5 Å². The van der Waals surface area contributed by atoms with Crippen LogP contribution < -0.4 is 5.73 Å². The Bertz CT molecular complexity index is 220. The monoisotopic (exact) mass is 252 g/mol. The van der Waals surface area contributed by atoms with Gasteiger partial charge in [0.1, 0.15) is 0 Å². The molecule has 0 spiro atoms. The maximum atomic E-state index is 12.4. The lowest BCUT2D eigenvalue weighted by atomic mass is 9.86. The summed E-state index contributed by atoms with van der Waals surface area (Å²) in [6.45, 7) is 3.39. The minimum absolute atomic E-state index is 0.0628. The van der Waals surface area contributed by atoms with Gasteiger partial charge in [-0.15, -0.1) is 0 Å². The zero-order chi connectivity index (χ0) is 13.1. The van der Waals surface area contributed by atoms with Crippen LogP contribution in [0.3, 0.4) is 0 Å². The highest BCUT2D eigenvalue weighted by molar-refractivity contribution is 4.78. The Morgan fingerprint density at radius 1 is 1.18 bits per heavy atom. The minimum Gasteiger partial charge on any atom is -0.328 e. The van der Waals surface area contributed by atoms with Crippen molar-refractivity contribution in [3.05, 3.63) is 0 Å². The number of hydrogen-bond donors (Lipinski definition) is 1. The summed E-state index contributed by atoms with van der Waals surface area (Å²) in [4.78, 5) is 1.53. The Hall–Kier alpha value is -0.290. The smallest absolute Gasteiger partial charge is 0.328 e. The third-order valence-corrected chi connectivity index (χ3v) is 3.50. The van der Waals surface area contributed by atoms with Crippen molar-refractivity contribution in [1.82, 2.24) is 4.90 Å². The number of nitrogens with zero attached hydrogens (tertiary/aromatic N) is 1. The predicted octanol–water partition coefficient (Wildman–Crippen LogP) is 2.78. The van der Waals surface area contributed by atoms with E-state index in [1.807, 2.05) is 13.8 Å². The Morgan fingerprint density at radius 2 is 1.71 bits per heavy atom. The molecule has 1 aliphatic rings. The molecule has 0 aromatic carbocycles. The molecule has 0 aliphatic heterocycles. The molecule has 102 valence electrons. The largest absolute Gasteiger partial charge is 0.401 e. The molecule has 1 rings (SSSR count). The van der Waals surface area contributed by atoms with Gasteiger partial charge in [-0.2, -0.15) is 13.2 Å². The molecular weight excluding hydrogens is 229 g/mol. The first kappa shape index (κ1) is 14.8. The molecular formula is C12H23F3N2. The van der Waals surface area contributed by atoms with E-state index in [2.05, 4.69) is 0 Å². The molecule has 2 nitrogen and oxygen atoms in total. The molecule has 1 saturated carbocycles. The van der Waals surface area contributed by atoms with Gasteiger partial charge in [0, 0.05) is 18.6 Å². The Labute approximate surface area is 101 Å². The fourth-order valence-electron chi connectivity index (χ4n) is 2.39. The van der Waals surface area contributed by atoms with Crippen molar-refractivity contribution < 1.29 is 13.2 Å². The van der Waals surface area contributed by atoms with Gasteiger partial charge in [0.05, 0.1) is 6.54 Å². The highest BCUT2D eigenvalue weighted by Crippen LogP contribution is 2.26. The van der Waals surface area contributed by atoms with Crippen LogP contribution in [0, 0.1) is 5.92 Å².